The minimum atomic E-state index is -0.449. The third-order valence-corrected chi connectivity index (χ3v) is 3.51. The Morgan fingerprint density at radius 3 is 2.41 bits per heavy atom. The van der Waals surface area contributed by atoms with Gasteiger partial charge in [0.1, 0.15) is 0 Å². The fraction of sp³-hybridized carbons (Fsp3) is 0.462. The van der Waals surface area contributed by atoms with Crippen LogP contribution < -0.4 is 5.32 Å². The predicted molar refractivity (Wildman–Crippen MR) is 71.1 cm³/mol. The molecule has 0 saturated heterocycles. The van der Waals surface area contributed by atoms with Gasteiger partial charge in [-0.2, -0.15) is 0 Å². The fourth-order valence-corrected chi connectivity index (χ4v) is 2.29. The summed E-state index contributed by atoms with van der Waals surface area (Å²) < 4.78 is 0. The summed E-state index contributed by atoms with van der Waals surface area (Å²) in [6, 6.07) is 7.64. The predicted octanol–water partition coefficient (Wildman–Crippen LogP) is 2.36. The normalized spacial score (nSPS) is 14.1. The highest BCUT2D eigenvalue weighted by Gasteiger charge is 2.13. The van der Waals surface area contributed by atoms with Crippen LogP contribution in [0.25, 0.3) is 0 Å². The van der Waals surface area contributed by atoms with Gasteiger partial charge < -0.3 is 10.4 Å². The molecule has 0 fully saturated rings. The molecule has 2 unspecified atom stereocenters. The SMILES string of the molecule is CCNC(=O)C(C)Sc1ccc(C(C)O)cc1. The number of nitrogens with one attached hydrogen (secondary N) is 1. The van der Waals surface area contributed by atoms with E-state index in [9.17, 15) is 9.90 Å². The molecule has 1 amide bonds. The zero-order chi connectivity index (χ0) is 12.8. The first-order valence-corrected chi connectivity index (χ1v) is 6.65. The molecule has 0 heterocycles. The van der Waals surface area contributed by atoms with E-state index in [4.69, 9.17) is 0 Å². The van der Waals surface area contributed by atoms with Gasteiger partial charge in [0.25, 0.3) is 0 Å². The minimum Gasteiger partial charge on any atom is -0.389 e. The van der Waals surface area contributed by atoms with Gasteiger partial charge in [-0.3, -0.25) is 4.79 Å². The van der Waals surface area contributed by atoms with E-state index in [2.05, 4.69) is 5.32 Å². The van der Waals surface area contributed by atoms with Crippen LogP contribution in [0.1, 0.15) is 32.4 Å². The first kappa shape index (κ1) is 14.1. The van der Waals surface area contributed by atoms with Crippen LogP contribution in [-0.2, 0) is 4.79 Å². The lowest BCUT2D eigenvalue weighted by Crippen LogP contribution is -2.30. The molecule has 1 rings (SSSR count). The molecule has 0 radical (unpaired) electrons. The fourth-order valence-electron chi connectivity index (χ4n) is 1.40. The third kappa shape index (κ3) is 4.40. The average molecular weight is 253 g/mol. The van der Waals surface area contributed by atoms with Crippen molar-refractivity contribution in [3.05, 3.63) is 29.8 Å². The number of amides is 1. The lowest BCUT2D eigenvalue weighted by Gasteiger charge is -2.11. The maximum Gasteiger partial charge on any atom is 0.233 e. The summed E-state index contributed by atoms with van der Waals surface area (Å²) in [5.41, 5.74) is 0.889. The van der Waals surface area contributed by atoms with E-state index in [0.29, 0.717) is 6.54 Å². The van der Waals surface area contributed by atoms with Crippen LogP contribution >= 0.6 is 11.8 Å². The molecule has 0 aliphatic carbocycles. The maximum atomic E-state index is 11.6. The van der Waals surface area contributed by atoms with E-state index >= 15 is 0 Å². The Morgan fingerprint density at radius 2 is 1.94 bits per heavy atom. The van der Waals surface area contributed by atoms with Crippen molar-refractivity contribution in [2.45, 2.75) is 37.0 Å². The molecule has 0 bridgehead atoms. The molecule has 2 atom stereocenters. The van der Waals surface area contributed by atoms with Gasteiger partial charge in [-0.15, -0.1) is 11.8 Å². The quantitative estimate of drug-likeness (QED) is 0.792. The van der Waals surface area contributed by atoms with E-state index in [0.717, 1.165) is 10.5 Å². The van der Waals surface area contributed by atoms with Crippen molar-refractivity contribution < 1.29 is 9.90 Å². The molecular formula is C13H19NO2S. The number of carbonyl (C=O) groups excluding carboxylic acids is 1. The average Bonchev–Trinajstić information content (AvgIpc) is 2.30. The minimum absolute atomic E-state index is 0.0529. The van der Waals surface area contributed by atoms with Crippen LogP contribution in [-0.4, -0.2) is 22.8 Å². The Labute approximate surface area is 107 Å². The molecule has 0 spiro atoms. The first-order chi connectivity index (χ1) is 8.04. The van der Waals surface area contributed by atoms with Gasteiger partial charge in [0.05, 0.1) is 11.4 Å². The van der Waals surface area contributed by atoms with Crippen LogP contribution in [0.2, 0.25) is 0 Å². The number of benzene rings is 1. The second-order valence-corrected chi connectivity index (χ2v) is 5.31. The Hall–Kier alpha value is -1.00. The molecule has 0 aliphatic rings. The zero-order valence-corrected chi connectivity index (χ0v) is 11.3. The molecule has 1 aromatic rings. The highest BCUT2D eigenvalue weighted by atomic mass is 32.2. The maximum absolute atomic E-state index is 11.6. The van der Waals surface area contributed by atoms with Crippen molar-refractivity contribution in [1.29, 1.82) is 0 Å². The van der Waals surface area contributed by atoms with E-state index in [1.807, 2.05) is 38.1 Å². The van der Waals surface area contributed by atoms with Crippen molar-refractivity contribution in [1.82, 2.24) is 5.32 Å². The van der Waals surface area contributed by atoms with Crippen molar-refractivity contribution in [2.75, 3.05) is 6.54 Å². The van der Waals surface area contributed by atoms with Crippen molar-refractivity contribution in [3.8, 4) is 0 Å². The van der Waals surface area contributed by atoms with Gasteiger partial charge in [0.2, 0.25) is 5.91 Å². The van der Waals surface area contributed by atoms with Crippen molar-refractivity contribution >= 4 is 17.7 Å². The Morgan fingerprint density at radius 1 is 1.35 bits per heavy atom. The van der Waals surface area contributed by atoms with Crippen LogP contribution in [0.5, 0.6) is 0 Å². The summed E-state index contributed by atoms with van der Waals surface area (Å²) in [5.74, 6) is 0.0529. The van der Waals surface area contributed by atoms with Crippen LogP contribution in [0.4, 0.5) is 0 Å². The smallest absolute Gasteiger partial charge is 0.233 e. The molecule has 94 valence electrons. The molecule has 17 heavy (non-hydrogen) atoms. The molecule has 4 heteroatoms. The van der Waals surface area contributed by atoms with E-state index < -0.39 is 6.10 Å². The summed E-state index contributed by atoms with van der Waals surface area (Å²) in [4.78, 5) is 12.6. The molecule has 0 aliphatic heterocycles. The number of aliphatic hydroxyl groups excluding tert-OH is 1. The Bertz CT molecular complexity index is 362. The zero-order valence-electron chi connectivity index (χ0n) is 10.4. The molecule has 1 aromatic carbocycles. The first-order valence-electron chi connectivity index (χ1n) is 5.77. The number of carbonyl (C=O) groups is 1. The second-order valence-electron chi connectivity index (χ2n) is 3.90. The van der Waals surface area contributed by atoms with Gasteiger partial charge in [0.15, 0.2) is 0 Å². The van der Waals surface area contributed by atoms with Crippen molar-refractivity contribution in [3.63, 3.8) is 0 Å². The summed E-state index contributed by atoms with van der Waals surface area (Å²) >= 11 is 1.52. The van der Waals surface area contributed by atoms with Gasteiger partial charge >= 0.3 is 0 Å². The Kier molecular flexibility index (Phi) is 5.51. The topological polar surface area (TPSA) is 49.3 Å². The van der Waals surface area contributed by atoms with Crippen molar-refractivity contribution in [2.24, 2.45) is 0 Å². The number of rotatable bonds is 5. The summed E-state index contributed by atoms with van der Waals surface area (Å²) in [5, 5.41) is 12.1. The highest BCUT2D eigenvalue weighted by Crippen LogP contribution is 2.24. The molecule has 2 N–H and O–H groups in total. The van der Waals surface area contributed by atoms with Gasteiger partial charge in [0, 0.05) is 11.4 Å². The largest absolute Gasteiger partial charge is 0.389 e. The molecule has 3 nitrogen and oxygen atoms in total. The summed E-state index contributed by atoms with van der Waals surface area (Å²) in [7, 11) is 0. The van der Waals surface area contributed by atoms with Gasteiger partial charge in [-0.05, 0) is 38.5 Å². The third-order valence-electron chi connectivity index (χ3n) is 2.40. The molecular weight excluding hydrogens is 234 g/mol. The summed E-state index contributed by atoms with van der Waals surface area (Å²) in [6.45, 7) is 6.19. The standard InChI is InChI=1S/C13H19NO2S/c1-4-14-13(16)10(3)17-12-7-5-11(6-8-12)9(2)15/h5-10,15H,4H2,1-3H3,(H,14,16). The number of aliphatic hydroxyl groups is 1. The van der Waals surface area contributed by atoms with Crippen LogP contribution in [0, 0.1) is 0 Å². The van der Waals surface area contributed by atoms with Crippen LogP contribution in [0.15, 0.2) is 29.2 Å². The highest BCUT2D eigenvalue weighted by molar-refractivity contribution is 8.00. The molecule has 0 saturated carbocycles. The van der Waals surface area contributed by atoms with Gasteiger partial charge in [-0.1, -0.05) is 12.1 Å². The van der Waals surface area contributed by atoms with E-state index in [-0.39, 0.29) is 11.2 Å². The second kappa shape index (κ2) is 6.67. The number of hydrogen-bond donors (Lipinski definition) is 2. The number of thioether (sulfide) groups is 1. The monoisotopic (exact) mass is 253 g/mol. The van der Waals surface area contributed by atoms with E-state index in [1.165, 1.54) is 11.8 Å². The summed E-state index contributed by atoms with van der Waals surface area (Å²) in [6.07, 6.45) is -0.449. The lowest BCUT2D eigenvalue weighted by molar-refractivity contribution is -0.120. The van der Waals surface area contributed by atoms with Crippen LogP contribution in [0.3, 0.4) is 0 Å². The Balaban J connectivity index is 2.60. The van der Waals surface area contributed by atoms with E-state index in [1.54, 1.807) is 6.92 Å². The molecule has 0 aromatic heterocycles. The van der Waals surface area contributed by atoms with Gasteiger partial charge in [-0.25, -0.2) is 0 Å². The lowest BCUT2D eigenvalue weighted by atomic mass is 10.1. The number of hydrogen-bond acceptors (Lipinski definition) is 3.